The lowest BCUT2D eigenvalue weighted by molar-refractivity contribution is -0.00533. The number of ether oxygens (including phenoxy) is 1. The van der Waals surface area contributed by atoms with Crippen molar-refractivity contribution in [1.29, 1.82) is 0 Å². The molecule has 1 aromatic heterocycles. The molecule has 0 spiro atoms. The lowest BCUT2D eigenvalue weighted by Crippen LogP contribution is -2.50. The normalized spacial score (nSPS) is 22.8. The molecule has 0 atom stereocenters. The minimum atomic E-state index is -1.65. The fourth-order valence-electron chi connectivity index (χ4n) is 2.06. The maximum atomic E-state index is 6.38. The van der Waals surface area contributed by atoms with Crippen LogP contribution in [0.3, 0.4) is 0 Å². The largest absolute Gasteiger partial charge is 0.474 e. The SMILES string of the molecule is Cc1nc(OC2CC(O[Si](C)(C)C(C)(C)C)C2)ccc1Br. The number of halogens is 1. The highest BCUT2D eigenvalue weighted by molar-refractivity contribution is 9.10. The number of aryl methyl sites for hydroxylation is 1. The maximum absolute atomic E-state index is 6.38. The van der Waals surface area contributed by atoms with E-state index in [1.54, 1.807) is 0 Å². The summed E-state index contributed by atoms with van der Waals surface area (Å²) in [6, 6.07) is 3.90. The Balaban J connectivity index is 1.83. The third kappa shape index (κ3) is 4.08. The van der Waals surface area contributed by atoms with Crippen LogP contribution in [0.5, 0.6) is 5.88 Å². The van der Waals surface area contributed by atoms with Gasteiger partial charge in [0.2, 0.25) is 5.88 Å². The van der Waals surface area contributed by atoms with Gasteiger partial charge in [0.05, 0.1) is 11.8 Å². The van der Waals surface area contributed by atoms with Gasteiger partial charge in [0.15, 0.2) is 8.32 Å². The number of hydrogen-bond acceptors (Lipinski definition) is 3. The quantitative estimate of drug-likeness (QED) is 0.691. The van der Waals surface area contributed by atoms with Crippen molar-refractivity contribution < 1.29 is 9.16 Å². The Labute approximate surface area is 137 Å². The van der Waals surface area contributed by atoms with Crippen LogP contribution < -0.4 is 4.74 Å². The van der Waals surface area contributed by atoms with Gasteiger partial charge in [-0.15, -0.1) is 0 Å². The van der Waals surface area contributed by atoms with Gasteiger partial charge < -0.3 is 9.16 Å². The first-order chi connectivity index (χ1) is 9.58. The van der Waals surface area contributed by atoms with Crippen molar-refractivity contribution in [3.63, 3.8) is 0 Å². The molecule has 21 heavy (non-hydrogen) atoms. The number of aromatic nitrogens is 1. The number of hydrogen-bond donors (Lipinski definition) is 0. The summed E-state index contributed by atoms with van der Waals surface area (Å²) in [5.41, 5.74) is 0.959. The summed E-state index contributed by atoms with van der Waals surface area (Å²) < 4.78 is 13.3. The zero-order valence-electron chi connectivity index (χ0n) is 13.9. The van der Waals surface area contributed by atoms with Crippen molar-refractivity contribution in [2.45, 2.75) is 70.9 Å². The molecule has 0 aliphatic heterocycles. The van der Waals surface area contributed by atoms with Crippen LogP contribution in [0.25, 0.3) is 0 Å². The predicted molar refractivity (Wildman–Crippen MR) is 92.4 cm³/mol. The number of nitrogens with zero attached hydrogens (tertiary/aromatic N) is 1. The zero-order valence-corrected chi connectivity index (χ0v) is 16.5. The van der Waals surface area contributed by atoms with Gasteiger partial charge in [-0.05, 0) is 47.1 Å². The van der Waals surface area contributed by atoms with Crippen molar-refractivity contribution >= 4 is 24.2 Å². The summed E-state index contributed by atoms with van der Waals surface area (Å²) in [7, 11) is -1.65. The molecule has 0 N–H and O–H groups in total. The summed E-state index contributed by atoms with van der Waals surface area (Å²) in [5, 5.41) is 0.267. The van der Waals surface area contributed by atoms with Gasteiger partial charge in [-0.1, -0.05) is 20.8 Å². The molecule has 5 heteroatoms. The van der Waals surface area contributed by atoms with Crippen LogP contribution in [-0.2, 0) is 4.43 Å². The topological polar surface area (TPSA) is 31.4 Å². The second-order valence-electron chi connectivity index (χ2n) is 7.43. The smallest absolute Gasteiger partial charge is 0.213 e. The van der Waals surface area contributed by atoms with Crippen molar-refractivity contribution in [3.05, 3.63) is 22.3 Å². The fraction of sp³-hybridized carbons (Fsp3) is 0.688. The van der Waals surface area contributed by atoms with E-state index in [0.717, 1.165) is 23.0 Å². The highest BCUT2D eigenvalue weighted by Gasteiger charge is 2.43. The van der Waals surface area contributed by atoms with Crippen LogP contribution in [-0.4, -0.2) is 25.5 Å². The average Bonchev–Trinajstić information content (AvgIpc) is 2.29. The summed E-state index contributed by atoms with van der Waals surface area (Å²) in [6.07, 6.45) is 2.55. The minimum Gasteiger partial charge on any atom is -0.474 e. The third-order valence-electron chi connectivity index (χ3n) is 4.60. The van der Waals surface area contributed by atoms with E-state index < -0.39 is 8.32 Å². The third-order valence-corrected chi connectivity index (χ3v) is 9.98. The van der Waals surface area contributed by atoms with E-state index in [4.69, 9.17) is 9.16 Å². The molecular weight excluding hydrogens is 346 g/mol. The van der Waals surface area contributed by atoms with Crippen molar-refractivity contribution in [1.82, 2.24) is 4.98 Å². The van der Waals surface area contributed by atoms with Crippen LogP contribution >= 0.6 is 15.9 Å². The molecule has 1 saturated carbocycles. The van der Waals surface area contributed by atoms with Crippen molar-refractivity contribution in [3.8, 4) is 5.88 Å². The Hall–Kier alpha value is -0.393. The van der Waals surface area contributed by atoms with Gasteiger partial charge in [0.1, 0.15) is 6.10 Å². The van der Waals surface area contributed by atoms with Crippen LogP contribution in [0.2, 0.25) is 18.1 Å². The standard InChI is InChI=1S/C16H26BrNO2Si/c1-11-14(17)7-8-15(18-11)19-12-9-13(10-12)20-21(5,6)16(2,3)4/h7-8,12-13H,9-10H2,1-6H3. The predicted octanol–water partition coefficient (Wildman–Crippen LogP) is 5.08. The van der Waals surface area contributed by atoms with Gasteiger partial charge >= 0.3 is 0 Å². The van der Waals surface area contributed by atoms with Gasteiger partial charge in [-0.3, -0.25) is 0 Å². The molecule has 2 rings (SSSR count). The minimum absolute atomic E-state index is 0.243. The summed E-state index contributed by atoms with van der Waals surface area (Å²) in [4.78, 5) is 4.43. The Morgan fingerprint density at radius 1 is 1.19 bits per heavy atom. The second kappa shape index (κ2) is 6.01. The molecule has 118 valence electrons. The van der Waals surface area contributed by atoms with E-state index in [9.17, 15) is 0 Å². The zero-order chi connectivity index (χ0) is 15.8. The average molecular weight is 372 g/mol. The molecule has 1 aliphatic rings. The van der Waals surface area contributed by atoms with Crippen LogP contribution in [0, 0.1) is 6.92 Å². The molecule has 0 radical (unpaired) electrons. The summed E-state index contributed by atoms with van der Waals surface area (Å²) in [5.74, 6) is 0.714. The van der Waals surface area contributed by atoms with E-state index in [1.807, 2.05) is 19.1 Å². The first-order valence-corrected chi connectivity index (χ1v) is 11.3. The van der Waals surface area contributed by atoms with Gasteiger partial charge in [0.25, 0.3) is 0 Å². The Kier molecular flexibility index (Phi) is 4.86. The van der Waals surface area contributed by atoms with E-state index >= 15 is 0 Å². The molecule has 1 heterocycles. The van der Waals surface area contributed by atoms with Gasteiger partial charge in [-0.25, -0.2) is 4.98 Å². The summed E-state index contributed by atoms with van der Waals surface area (Å²) in [6.45, 7) is 13.4. The molecule has 1 aliphatic carbocycles. The fourth-order valence-corrected chi connectivity index (χ4v) is 3.66. The Morgan fingerprint density at radius 3 is 2.33 bits per heavy atom. The van der Waals surface area contributed by atoms with Crippen LogP contribution in [0.1, 0.15) is 39.3 Å². The highest BCUT2D eigenvalue weighted by atomic mass is 79.9. The Morgan fingerprint density at radius 2 is 1.81 bits per heavy atom. The lowest BCUT2D eigenvalue weighted by atomic mass is 9.92. The monoisotopic (exact) mass is 371 g/mol. The number of pyridine rings is 1. The van der Waals surface area contributed by atoms with Crippen molar-refractivity contribution in [2.24, 2.45) is 0 Å². The molecule has 0 saturated heterocycles. The Bertz CT molecular complexity index is 507. The number of rotatable bonds is 4. The van der Waals surface area contributed by atoms with E-state index in [-0.39, 0.29) is 11.1 Å². The first kappa shape index (κ1) is 17.0. The van der Waals surface area contributed by atoms with E-state index in [0.29, 0.717) is 12.0 Å². The molecule has 0 amide bonds. The molecule has 3 nitrogen and oxygen atoms in total. The van der Waals surface area contributed by atoms with Gasteiger partial charge in [-0.2, -0.15) is 0 Å². The van der Waals surface area contributed by atoms with E-state index in [2.05, 4.69) is 54.8 Å². The second-order valence-corrected chi connectivity index (χ2v) is 13.0. The first-order valence-electron chi connectivity index (χ1n) is 7.56. The van der Waals surface area contributed by atoms with Gasteiger partial charge in [0, 0.05) is 23.4 Å². The van der Waals surface area contributed by atoms with E-state index in [1.165, 1.54) is 0 Å². The maximum Gasteiger partial charge on any atom is 0.213 e. The molecule has 0 unspecified atom stereocenters. The van der Waals surface area contributed by atoms with Crippen LogP contribution in [0.4, 0.5) is 0 Å². The van der Waals surface area contributed by atoms with Crippen LogP contribution in [0.15, 0.2) is 16.6 Å². The summed E-state index contributed by atoms with van der Waals surface area (Å²) >= 11 is 3.45. The lowest BCUT2D eigenvalue weighted by Gasteiger charge is -2.44. The highest BCUT2D eigenvalue weighted by Crippen LogP contribution is 2.40. The molecule has 0 bridgehead atoms. The molecule has 1 aromatic rings. The molecule has 0 aromatic carbocycles. The molecular formula is C16H26BrNO2Si. The molecule has 1 fully saturated rings. The van der Waals surface area contributed by atoms with Crippen molar-refractivity contribution in [2.75, 3.05) is 0 Å².